The predicted molar refractivity (Wildman–Crippen MR) is 126 cm³/mol. The molecule has 0 unspecified atom stereocenters. The molecule has 1 saturated heterocycles. The molecule has 0 amide bonds. The molecule has 174 valence electrons. The summed E-state index contributed by atoms with van der Waals surface area (Å²) in [6.45, 7) is 0. The van der Waals surface area contributed by atoms with Gasteiger partial charge in [-0.3, -0.25) is 0 Å². The minimum atomic E-state index is -1.42. The first-order valence-electron chi connectivity index (χ1n) is 11.1. The van der Waals surface area contributed by atoms with Crippen LogP contribution in [-0.2, 0) is 16.0 Å². The minimum absolute atomic E-state index is 0.597. The number of benzene rings is 2. The van der Waals surface area contributed by atoms with Crippen LogP contribution in [0.2, 0.25) is 5.02 Å². The normalized spacial score (nSPS) is 28.0. The van der Waals surface area contributed by atoms with Crippen LogP contribution in [0.25, 0.3) is 10.9 Å². The van der Waals surface area contributed by atoms with Crippen LogP contribution in [0.5, 0.6) is 0 Å². The molecule has 8 heteroatoms. The maximum atomic E-state index is 10.8. The number of nitrogens with zero attached hydrogens (tertiary/aromatic N) is 2. The number of rotatable bonds is 6. The van der Waals surface area contributed by atoms with Crippen molar-refractivity contribution in [2.75, 3.05) is 7.11 Å². The third-order valence-electron chi connectivity index (χ3n) is 6.52. The van der Waals surface area contributed by atoms with Gasteiger partial charge in [0.25, 0.3) is 0 Å². The summed E-state index contributed by atoms with van der Waals surface area (Å²) in [5.74, 6) is 0.705. The predicted octanol–water partition coefficient (Wildman–Crippen LogP) is 3.38. The summed E-state index contributed by atoms with van der Waals surface area (Å²) >= 11 is 6.60. The van der Waals surface area contributed by atoms with Crippen molar-refractivity contribution < 1.29 is 24.9 Å². The summed E-state index contributed by atoms with van der Waals surface area (Å²) in [4.78, 5) is 4.69. The van der Waals surface area contributed by atoms with E-state index in [1.807, 2.05) is 24.4 Å². The maximum absolute atomic E-state index is 10.8. The number of hydrogen-bond donors (Lipinski definition) is 3. The molecule has 5 atom stereocenters. The molecular formula is C25H27ClN2O5. The number of aliphatic hydroxyl groups excluding tert-OH is 3. The van der Waals surface area contributed by atoms with Crippen LogP contribution in [0.3, 0.4) is 0 Å². The summed E-state index contributed by atoms with van der Waals surface area (Å²) in [7, 11) is 1.37. The number of aromatic nitrogens is 1. The molecule has 7 nitrogen and oxygen atoms in total. The largest absolute Gasteiger partial charge is 0.399 e. The van der Waals surface area contributed by atoms with Gasteiger partial charge in [-0.15, -0.1) is 0 Å². The fraction of sp³-hybridized carbons (Fsp3) is 0.400. The van der Waals surface area contributed by atoms with E-state index >= 15 is 0 Å². The lowest BCUT2D eigenvalue weighted by atomic mass is 9.98. The zero-order valence-corrected chi connectivity index (χ0v) is 19.0. The molecule has 1 aromatic heterocycles. The van der Waals surface area contributed by atoms with Crippen LogP contribution in [0.15, 0.2) is 53.8 Å². The van der Waals surface area contributed by atoms with Crippen molar-refractivity contribution in [1.82, 2.24) is 4.57 Å². The van der Waals surface area contributed by atoms with Gasteiger partial charge in [-0.25, -0.2) is 0 Å². The summed E-state index contributed by atoms with van der Waals surface area (Å²) < 4.78 is 7.73. The number of oxime groups is 1. The second-order valence-corrected chi connectivity index (χ2v) is 9.20. The summed E-state index contributed by atoms with van der Waals surface area (Å²) in [5.41, 5.74) is 4.29. The molecule has 2 fully saturated rings. The third-order valence-corrected chi connectivity index (χ3v) is 6.84. The molecule has 0 spiro atoms. The van der Waals surface area contributed by atoms with Crippen molar-refractivity contribution in [3.8, 4) is 0 Å². The van der Waals surface area contributed by atoms with Crippen molar-refractivity contribution in [3.63, 3.8) is 0 Å². The molecule has 2 aliphatic rings. The Hall–Kier alpha value is -2.42. The Morgan fingerprint density at radius 2 is 1.85 bits per heavy atom. The van der Waals surface area contributed by atoms with E-state index in [-0.39, 0.29) is 0 Å². The summed E-state index contributed by atoms with van der Waals surface area (Å²) in [5, 5.41) is 36.7. The maximum Gasteiger partial charge on any atom is 0.163 e. The van der Waals surface area contributed by atoms with Crippen molar-refractivity contribution in [2.24, 2.45) is 5.16 Å². The molecule has 5 rings (SSSR count). The van der Waals surface area contributed by atoms with Gasteiger partial charge in [0.2, 0.25) is 0 Å². The van der Waals surface area contributed by atoms with Gasteiger partial charge in [0.15, 0.2) is 6.23 Å². The van der Waals surface area contributed by atoms with Crippen LogP contribution < -0.4 is 0 Å². The van der Waals surface area contributed by atoms with Crippen LogP contribution in [0, 0.1) is 0 Å². The van der Waals surface area contributed by atoms with Crippen molar-refractivity contribution in [1.29, 1.82) is 0 Å². The van der Waals surface area contributed by atoms with Crippen LogP contribution in [0.4, 0.5) is 0 Å². The molecule has 33 heavy (non-hydrogen) atoms. The van der Waals surface area contributed by atoms with E-state index in [1.54, 1.807) is 4.57 Å². The van der Waals surface area contributed by atoms with E-state index in [0.717, 1.165) is 22.0 Å². The van der Waals surface area contributed by atoms with Gasteiger partial charge in [-0.2, -0.15) is 0 Å². The Labute approximate surface area is 196 Å². The van der Waals surface area contributed by atoms with Gasteiger partial charge in [0, 0.05) is 11.6 Å². The minimum Gasteiger partial charge on any atom is -0.399 e. The molecule has 1 aliphatic heterocycles. The third kappa shape index (κ3) is 4.27. The van der Waals surface area contributed by atoms with Gasteiger partial charge >= 0.3 is 0 Å². The van der Waals surface area contributed by atoms with E-state index in [9.17, 15) is 15.3 Å². The zero-order valence-electron chi connectivity index (χ0n) is 18.2. The molecule has 1 saturated carbocycles. The first-order chi connectivity index (χ1) is 16.0. The van der Waals surface area contributed by atoms with Crippen LogP contribution in [-0.4, -0.2) is 57.6 Å². The van der Waals surface area contributed by atoms with E-state index in [0.29, 0.717) is 17.4 Å². The lowest BCUT2D eigenvalue weighted by molar-refractivity contribution is -0.225. The van der Waals surface area contributed by atoms with Crippen molar-refractivity contribution in [2.45, 2.75) is 55.8 Å². The van der Waals surface area contributed by atoms with Crippen LogP contribution in [0.1, 0.15) is 41.7 Å². The van der Waals surface area contributed by atoms with Crippen molar-refractivity contribution >= 4 is 28.7 Å². The van der Waals surface area contributed by atoms with Crippen molar-refractivity contribution in [3.05, 3.63) is 70.4 Å². The highest BCUT2D eigenvalue weighted by atomic mass is 35.5. The van der Waals surface area contributed by atoms with Gasteiger partial charge in [0.1, 0.15) is 31.5 Å². The number of halogens is 1. The highest BCUT2D eigenvalue weighted by Crippen LogP contribution is 2.40. The van der Waals surface area contributed by atoms with Gasteiger partial charge in [-0.05, 0) is 54.0 Å². The molecule has 3 aromatic rings. The summed E-state index contributed by atoms with van der Waals surface area (Å²) in [6.07, 6.45) is 0.325. The lowest BCUT2D eigenvalue weighted by Crippen LogP contribution is -2.55. The summed E-state index contributed by atoms with van der Waals surface area (Å²) in [6, 6.07) is 14.2. The van der Waals surface area contributed by atoms with Gasteiger partial charge < -0.3 is 29.5 Å². The molecule has 2 aromatic carbocycles. The smallest absolute Gasteiger partial charge is 0.163 e. The second kappa shape index (κ2) is 9.08. The molecular weight excluding hydrogens is 444 g/mol. The molecule has 2 heterocycles. The lowest BCUT2D eigenvalue weighted by Gasteiger charge is -2.39. The van der Waals surface area contributed by atoms with E-state index in [4.69, 9.17) is 16.3 Å². The molecule has 0 bridgehead atoms. The topological polar surface area (TPSA) is 96.4 Å². The van der Waals surface area contributed by atoms with Crippen LogP contribution >= 0.6 is 11.6 Å². The Bertz CT molecular complexity index is 1160. The first kappa shape index (κ1) is 22.4. The SMILES string of the molecule is CON=C[C@H]1O[C@@H](n2cc(Cc3ccc(C4CC4)cc3)c3c(Cl)cccc32)[C@H](O)[C@@H](O)[C@@H]1O. The molecule has 1 aliphatic carbocycles. The Morgan fingerprint density at radius 3 is 2.55 bits per heavy atom. The Morgan fingerprint density at radius 1 is 1.09 bits per heavy atom. The standard InChI is InChI=1S/C25H27ClN2O5/c1-32-27-12-20-22(29)23(30)24(31)25(33-20)28-13-17(21-18(26)3-2-4-19(21)28)11-14-5-7-15(8-6-14)16-9-10-16/h2-8,12-13,16,20,22-25,29-31H,9-11H2,1H3/t20-,22-,23+,24-,25-/m1/s1. The Balaban J connectivity index is 1.51. The quantitative estimate of drug-likeness (QED) is 0.379. The highest BCUT2D eigenvalue weighted by Gasteiger charge is 2.44. The van der Waals surface area contributed by atoms with Gasteiger partial charge in [0.05, 0.1) is 16.8 Å². The monoisotopic (exact) mass is 470 g/mol. The first-order valence-corrected chi connectivity index (χ1v) is 11.5. The van der Waals surface area contributed by atoms with E-state index in [2.05, 4.69) is 34.3 Å². The average Bonchev–Trinajstić information content (AvgIpc) is 3.60. The Kier molecular flexibility index (Phi) is 6.16. The number of aliphatic hydroxyl groups is 3. The van der Waals surface area contributed by atoms with E-state index in [1.165, 1.54) is 31.7 Å². The number of fused-ring (bicyclic) bond motifs is 1. The van der Waals surface area contributed by atoms with Gasteiger partial charge in [-0.1, -0.05) is 47.1 Å². The number of ether oxygens (including phenoxy) is 1. The second-order valence-electron chi connectivity index (χ2n) is 8.79. The average molecular weight is 471 g/mol. The number of hydrogen-bond acceptors (Lipinski definition) is 6. The fourth-order valence-electron chi connectivity index (χ4n) is 4.60. The highest BCUT2D eigenvalue weighted by molar-refractivity contribution is 6.35. The van der Waals surface area contributed by atoms with E-state index < -0.39 is 30.6 Å². The molecule has 0 radical (unpaired) electrons. The fourth-order valence-corrected chi connectivity index (χ4v) is 4.89. The molecule has 3 N–H and O–H groups in total. The zero-order chi connectivity index (χ0) is 23.1.